The molecule has 0 spiro atoms. The topological polar surface area (TPSA) is 24.4 Å². The number of allylic oxidation sites excluding steroid dienone is 4. The van der Waals surface area contributed by atoms with Crippen molar-refractivity contribution in [3.63, 3.8) is 0 Å². The number of hydrogen-bond acceptors (Lipinski definition) is 2. The SMILES string of the molecule is Clc1cccc(C2=NCCN2)c1CCC1(Cl)CC(Br)=CC=C1c1ccccc1. The molecule has 0 fully saturated rings. The summed E-state index contributed by atoms with van der Waals surface area (Å²) in [5.41, 5.74) is 4.51. The molecule has 5 heteroatoms. The summed E-state index contributed by atoms with van der Waals surface area (Å²) < 4.78 is 1.11. The molecule has 2 aliphatic rings. The molecule has 0 bridgehead atoms. The van der Waals surface area contributed by atoms with Crippen LogP contribution in [0.25, 0.3) is 5.57 Å². The first-order valence-corrected chi connectivity index (χ1v) is 11.0. The molecule has 2 aromatic carbocycles. The second-order valence-electron chi connectivity index (χ2n) is 7.13. The normalized spacial score (nSPS) is 21.6. The molecule has 1 N–H and O–H groups in total. The van der Waals surface area contributed by atoms with E-state index in [0.29, 0.717) is 0 Å². The molecule has 2 aromatic rings. The summed E-state index contributed by atoms with van der Waals surface area (Å²) in [6, 6.07) is 16.4. The third-order valence-electron chi connectivity index (χ3n) is 5.27. The van der Waals surface area contributed by atoms with Gasteiger partial charge in [0.05, 0.1) is 11.4 Å². The number of benzene rings is 2. The fraction of sp³-hybridized carbons (Fsp3) is 0.261. The molecule has 0 radical (unpaired) electrons. The van der Waals surface area contributed by atoms with Crippen molar-refractivity contribution in [2.24, 2.45) is 4.99 Å². The van der Waals surface area contributed by atoms with Crippen molar-refractivity contribution in [2.45, 2.75) is 24.1 Å². The van der Waals surface area contributed by atoms with Gasteiger partial charge in [0.15, 0.2) is 0 Å². The number of alkyl halides is 1. The lowest BCUT2D eigenvalue weighted by atomic mass is 9.81. The van der Waals surface area contributed by atoms with E-state index < -0.39 is 4.87 Å². The van der Waals surface area contributed by atoms with Crippen LogP contribution < -0.4 is 5.32 Å². The Balaban J connectivity index is 1.64. The van der Waals surface area contributed by atoms with Gasteiger partial charge < -0.3 is 5.32 Å². The molecule has 4 rings (SSSR count). The van der Waals surface area contributed by atoms with Crippen molar-refractivity contribution >= 4 is 50.5 Å². The molecule has 1 aliphatic carbocycles. The van der Waals surface area contributed by atoms with Crippen molar-refractivity contribution in [3.8, 4) is 0 Å². The lowest BCUT2D eigenvalue weighted by Crippen LogP contribution is -2.27. The molecular weight excluding hydrogens is 455 g/mol. The summed E-state index contributed by atoms with van der Waals surface area (Å²) in [6.45, 7) is 1.68. The maximum absolute atomic E-state index is 7.26. The van der Waals surface area contributed by atoms with Crippen LogP contribution in [0.4, 0.5) is 0 Å². The molecular formula is C23H21BrCl2N2. The van der Waals surface area contributed by atoms with Crippen LogP contribution >= 0.6 is 39.1 Å². The number of halogens is 3. The first kappa shape index (κ1) is 19.8. The number of aliphatic imine (C=N–C) groups is 1. The minimum atomic E-state index is -0.490. The van der Waals surface area contributed by atoms with Crippen LogP contribution in [0.2, 0.25) is 5.02 Å². The van der Waals surface area contributed by atoms with Gasteiger partial charge in [0.1, 0.15) is 5.84 Å². The Bertz CT molecular complexity index is 966. The zero-order valence-electron chi connectivity index (χ0n) is 15.4. The van der Waals surface area contributed by atoms with Crippen molar-refractivity contribution < 1.29 is 0 Å². The van der Waals surface area contributed by atoms with Gasteiger partial charge in [0.2, 0.25) is 0 Å². The molecule has 0 saturated carbocycles. The smallest absolute Gasteiger partial charge is 0.128 e. The van der Waals surface area contributed by atoms with Crippen LogP contribution in [-0.2, 0) is 6.42 Å². The Morgan fingerprint density at radius 3 is 2.64 bits per heavy atom. The van der Waals surface area contributed by atoms with Crippen molar-refractivity contribution in [2.75, 3.05) is 13.1 Å². The molecule has 1 aliphatic heterocycles. The minimum absolute atomic E-state index is 0.490. The highest BCUT2D eigenvalue weighted by Crippen LogP contribution is 2.46. The molecule has 28 heavy (non-hydrogen) atoms. The van der Waals surface area contributed by atoms with E-state index in [1.807, 2.05) is 18.2 Å². The maximum Gasteiger partial charge on any atom is 0.128 e. The summed E-state index contributed by atoms with van der Waals surface area (Å²) in [4.78, 5) is 4.09. The minimum Gasteiger partial charge on any atom is -0.368 e. The van der Waals surface area contributed by atoms with E-state index in [9.17, 15) is 0 Å². The monoisotopic (exact) mass is 474 g/mol. The Morgan fingerprint density at radius 1 is 1.07 bits per heavy atom. The van der Waals surface area contributed by atoms with E-state index in [0.717, 1.165) is 70.0 Å². The van der Waals surface area contributed by atoms with Gasteiger partial charge in [0, 0.05) is 23.6 Å². The molecule has 0 aromatic heterocycles. The Hall–Kier alpha value is -1.55. The standard InChI is InChI=1S/C23H21BrCl2N2/c24-17-9-10-20(16-5-2-1-3-6-16)23(26,15-17)12-11-18-19(7-4-8-21(18)25)22-27-13-14-28-22/h1-10H,11-15H2,(H,27,28). The van der Waals surface area contributed by atoms with E-state index in [1.165, 1.54) is 0 Å². The van der Waals surface area contributed by atoms with Gasteiger partial charge in [-0.3, -0.25) is 4.99 Å². The second-order valence-corrected chi connectivity index (χ2v) is 9.27. The quantitative estimate of drug-likeness (QED) is 0.499. The van der Waals surface area contributed by atoms with Gasteiger partial charge in [-0.15, -0.1) is 11.6 Å². The summed E-state index contributed by atoms with van der Waals surface area (Å²) in [7, 11) is 0. The van der Waals surface area contributed by atoms with Crippen LogP contribution in [0.5, 0.6) is 0 Å². The van der Waals surface area contributed by atoms with Crippen molar-refractivity contribution in [1.82, 2.24) is 5.32 Å². The van der Waals surface area contributed by atoms with Crippen LogP contribution in [0.3, 0.4) is 0 Å². The van der Waals surface area contributed by atoms with Crippen LogP contribution in [-0.4, -0.2) is 23.8 Å². The summed E-state index contributed by atoms with van der Waals surface area (Å²) in [6.07, 6.45) is 6.55. The molecule has 144 valence electrons. The number of hydrogen-bond donors (Lipinski definition) is 1. The predicted octanol–water partition coefficient (Wildman–Crippen LogP) is 6.37. The summed E-state index contributed by atoms with van der Waals surface area (Å²) in [5.74, 6) is 0.935. The zero-order chi connectivity index (χ0) is 19.6. The van der Waals surface area contributed by atoms with E-state index in [2.05, 4.69) is 68.7 Å². The number of rotatable bonds is 5. The van der Waals surface area contributed by atoms with Gasteiger partial charge in [-0.1, -0.05) is 82.1 Å². The number of nitrogens with one attached hydrogen (secondary N) is 1. The highest BCUT2D eigenvalue weighted by atomic mass is 79.9. The zero-order valence-corrected chi connectivity index (χ0v) is 18.5. The first-order chi connectivity index (χ1) is 13.6. The van der Waals surface area contributed by atoms with Gasteiger partial charge >= 0.3 is 0 Å². The average Bonchev–Trinajstić information content (AvgIpc) is 3.22. The molecule has 0 saturated heterocycles. The van der Waals surface area contributed by atoms with E-state index in [-0.39, 0.29) is 0 Å². The molecule has 1 heterocycles. The molecule has 2 nitrogen and oxygen atoms in total. The van der Waals surface area contributed by atoms with E-state index in [4.69, 9.17) is 23.2 Å². The number of nitrogens with zero attached hydrogens (tertiary/aromatic N) is 1. The van der Waals surface area contributed by atoms with Gasteiger partial charge in [0.25, 0.3) is 0 Å². The first-order valence-electron chi connectivity index (χ1n) is 9.44. The third-order valence-corrected chi connectivity index (χ3v) is 6.69. The third kappa shape index (κ3) is 4.07. The molecule has 1 unspecified atom stereocenters. The number of amidine groups is 1. The van der Waals surface area contributed by atoms with Crippen LogP contribution in [0.15, 0.2) is 70.2 Å². The average molecular weight is 476 g/mol. The van der Waals surface area contributed by atoms with Crippen LogP contribution in [0.1, 0.15) is 29.5 Å². The Kier molecular flexibility index (Phi) is 5.96. The predicted molar refractivity (Wildman–Crippen MR) is 124 cm³/mol. The lowest BCUT2D eigenvalue weighted by Gasteiger charge is -2.33. The van der Waals surface area contributed by atoms with Gasteiger partial charge in [-0.05, 0) is 40.1 Å². The highest BCUT2D eigenvalue weighted by Gasteiger charge is 2.35. The maximum atomic E-state index is 7.26. The molecule has 0 amide bonds. The lowest BCUT2D eigenvalue weighted by molar-refractivity contribution is 0.645. The van der Waals surface area contributed by atoms with Crippen LogP contribution in [0, 0.1) is 0 Å². The van der Waals surface area contributed by atoms with E-state index in [1.54, 1.807) is 0 Å². The summed E-state index contributed by atoms with van der Waals surface area (Å²) in [5, 5.41) is 4.13. The Labute approximate surface area is 184 Å². The van der Waals surface area contributed by atoms with Crippen molar-refractivity contribution in [3.05, 3.63) is 86.9 Å². The van der Waals surface area contributed by atoms with Crippen molar-refractivity contribution in [1.29, 1.82) is 0 Å². The van der Waals surface area contributed by atoms with Gasteiger partial charge in [-0.2, -0.15) is 0 Å². The molecule has 1 atom stereocenters. The largest absolute Gasteiger partial charge is 0.368 e. The summed E-state index contributed by atoms with van der Waals surface area (Å²) >= 11 is 17.5. The second kappa shape index (κ2) is 8.44. The fourth-order valence-corrected chi connectivity index (χ4v) is 5.33. The van der Waals surface area contributed by atoms with Gasteiger partial charge in [-0.25, -0.2) is 0 Å². The highest BCUT2D eigenvalue weighted by molar-refractivity contribution is 9.11. The van der Waals surface area contributed by atoms with E-state index >= 15 is 0 Å². The fourth-order valence-electron chi connectivity index (χ4n) is 3.88. The Morgan fingerprint density at radius 2 is 1.89 bits per heavy atom.